The monoisotopic (exact) mass is 270 g/mol. The molecule has 4 nitrogen and oxygen atoms in total. The van der Waals surface area contributed by atoms with Crippen molar-refractivity contribution >= 4 is 27.4 Å². The number of aromatic nitrogens is 3. The van der Waals surface area contributed by atoms with E-state index in [1.54, 1.807) is 17.7 Å². The fourth-order valence-corrected chi connectivity index (χ4v) is 2.79. The zero-order valence-electron chi connectivity index (χ0n) is 10.8. The molecule has 0 aromatic carbocycles. The standard InChI is InChI=1S/C14H14N4S/c1-10(12-5-3-4-7-15-12)18(2)13-11-6-8-19-14(11)17-9-16-13/h3-10H,1-2H3. The Morgan fingerprint density at radius 1 is 1.16 bits per heavy atom. The summed E-state index contributed by atoms with van der Waals surface area (Å²) in [5.41, 5.74) is 1.03. The van der Waals surface area contributed by atoms with Gasteiger partial charge in [0.25, 0.3) is 0 Å². The van der Waals surface area contributed by atoms with Gasteiger partial charge in [-0.3, -0.25) is 4.98 Å². The van der Waals surface area contributed by atoms with Gasteiger partial charge in [0, 0.05) is 13.2 Å². The zero-order valence-corrected chi connectivity index (χ0v) is 11.6. The van der Waals surface area contributed by atoms with Crippen LogP contribution in [-0.4, -0.2) is 22.0 Å². The fraction of sp³-hybridized carbons (Fsp3) is 0.214. The molecule has 0 N–H and O–H groups in total. The van der Waals surface area contributed by atoms with E-state index in [1.165, 1.54) is 0 Å². The first-order valence-electron chi connectivity index (χ1n) is 6.09. The molecule has 0 aliphatic rings. The number of fused-ring (bicyclic) bond motifs is 1. The smallest absolute Gasteiger partial charge is 0.141 e. The van der Waals surface area contributed by atoms with Gasteiger partial charge < -0.3 is 4.90 Å². The summed E-state index contributed by atoms with van der Waals surface area (Å²) in [6, 6.07) is 8.20. The lowest BCUT2D eigenvalue weighted by molar-refractivity contribution is 0.707. The lowest BCUT2D eigenvalue weighted by Gasteiger charge is -2.25. The Kier molecular flexibility index (Phi) is 3.13. The van der Waals surface area contributed by atoms with E-state index in [2.05, 4.69) is 32.8 Å². The van der Waals surface area contributed by atoms with E-state index >= 15 is 0 Å². The molecule has 0 aliphatic heterocycles. The second-order valence-electron chi connectivity index (χ2n) is 4.38. The van der Waals surface area contributed by atoms with Crippen molar-refractivity contribution in [1.29, 1.82) is 0 Å². The van der Waals surface area contributed by atoms with Gasteiger partial charge in [0.2, 0.25) is 0 Å². The van der Waals surface area contributed by atoms with Crippen LogP contribution in [0.15, 0.2) is 42.2 Å². The number of nitrogens with zero attached hydrogens (tertiary/aromatic N) is 4. The molecule has 0 radical (unpaired) electrons. The third-order valence-electron chi connectivity index (χ3n) is 3.27. The molecule has 96 valence electrons. The summed E-state index contributed by atoms with van der Waals surface area (Å²) in [5.74, 6) is 0.949. The van der Waals surface area contributed by atoms with Crippen LogP contribution in [0.3, 0.4) is 0 Å². The van der Waals surface area contributed by atoms with Gasteiger partial charge in [-0.1, -0.05) is 6.07 Å². The molecule has 3 aromatic rings. The number of hydrogen-bond acceptors (Lipinski definition) is 5. The van der Waals surface area contributed by atoms with E-state index in [-0.39, 0.29) is 6.04 Å². The third-order valence-corrected chi connectivity index (χ3v) is 4.09. The van der Waals surface area contributed by atoms with Crippen molar-refractivity contribution in [1.82, 2.24) is 15.0 Å². The van der Waals surface area contributed by atoms with Crippen molar-refractivity contribution in [2.24, 2.45) is 0 Å². The van der Waals surface area contributed by atoms with Gasteiger partial charge in [-0.05, 0) is 30.5 Å². The summed E-state index contributed by atoms with van der Waals surface area (Å²) >= 11 is 1.63. The Hall–Kier alpha value is -2.01. The lowest BCUT2D eigenvalue weighted by atomic mass is 10.2. The summed E-state index contributed by atoms with van der Waals surface area (Å²) in [4.78, 5) is 16.3. The number of thiophene rings is 1. The molecule has 0 bridgehead atoms. The van der Waals surface area contributed by atoms with Gasteiger partial charge in [-0.15, -0.1) is 11.3 Å². The molecule has 0 spiro atoms. The summed E-state index contributed by atoms with van der Waals surface area (Å²) in [5, 5.41) is 3.14. The van der Waals surface area contributed by atoms with Gasteiger partial charge in [0.15, 0.2) is 0 Å². The molecule has 3 aromatic heterocycles. The number of hydrogen-bond donors (Lipinski definition) is 0. The number of anilines is 1. The molecule has 0 amide bonds. The predicted molar refractivity (Wildman–Crippen MR) is 78.5 cm³/mol. The maximum Gasteiger partial charge on any atom is 0.141 e. The summed E-state index contributed by atoms with van der Waals surface area (Å²) < 4.78 is 0. The summed E-state index contributed by atoms with van der Waals surface area (Å²) in [6.07, 6.45) is 3.44. The van der Waals surface area contributed by atoms with E-state index in [4.69, 9.17) is 0 Å². The minimum atomic E-state index is 0.166. The lowest BCUT2D eigenvalue weighted by Crippen LogP contribution is -2.23. The SMILES string of the molecule is CC(c1ccccn1)N(C)c1ncnc2sccc12. The largest absolute Gasteiger partial charge is 0.351 e. The Morgan fingerprint density at radius 3 is 2.84 bits per heavy atom. The van der Waals surface area contributed by atoms with Crippen molar-refractivity contribution in [3.05, 3.63) is 47.9 Å². The van der Waals surface area contributed by atoms with Gasteiger partial charge in [0.1, 0.15) is 17.0 Å². The minimum Gasteiger partial charge on any atom is -0.351 e. The van der Waals surface area contributed by atoms with Crippen LogP contribution in [0.5, 0.6) is 0 Å². The van der Waals surface area contributed by atoms with Gasteiger partial charge >= 0.3 is 0 Å². The first kappa shape index (κ1) is 12.0. The molecule has 1 unspecified atom stereocenters. The molecule has 0 saturated carbocycles. The second kappa shape index (κ2) is 4.93. The van der Waals surface area contributed by atoms with Crippen LogP contribution in [0.2, 0.25) is 0 Å². The maximum atomic E-state index is 4.42. The first-order chi connectivity index (χ1) is 9.27. The van der Waals surface area contributed by atoms with E-state index in [0.29, 0.717) is 0 Å². The van der Waals surface area contributed by atoms with Crippen molar-refractivity contribution in [2.45, 2.75) is 13.0 Å². The Balaban J connectivity index is 2.00. The highest BCUT2D eigenvalue weighted by Crippen LogP contribution is 2.30. The molecule has 0 aliphatic carbocycles. The molecule has 3 rings (SSSR count). The normalized spacial score (nSPS) is 12.5. The van der Waals surface area contributed by atoms with E-state index < -0.39 is 0 Å². The van der Waals surface area contributed by atoms with Gasteiger partial charge in [-0.2, -0.15) is 0 Å². The molecule has 0 fully saturated rings. The number of pyridine rings is 1. The van der Waals surface area contributed by atoms with E-state index in [9.17, 15) is 0 Å². The number of rotatable bonds is 3. The Morgan fingerprint density at radius 2 is 2.05 bits per heavy atom. The molecular weight excluding hydrogens is 256 g/mol. The van der Waals surface area contributed by atoms with E-state index in [0.717, 1.165) is 21.7 Å². The molecule has 3 heterocycles. The highest BCUT2D eigenvalue weighted by atomic mass is 32.1. The molecule has 1 atom stereocenters. The maximum absolute atomic E-state index is 4.42. The first-order valence-corrected chi connectivity index (χ1v) is 6.97. The third kappa shape index (κ3) is 2.17. The van der Waals surface area contributed by atoms with Crippen molar-refractivity contribution in [2.75, 3.05) is 11.9 Å². The second-order valence-corrected chi connectivity index (χ2v) is 5.27. The van der Waals surface area contributed by atoms with Crippen LogP contribution in [0.25, 0.3) is 10.2 Å². The molecular formula is C14H14N4S. The molecule has 0 saturated heterocycles. The molecule has 5 heteroatoms. The van der Waals surface area contributed by atoms with Crippen LogP contribution >= 0.6 is 11.3 Å². The Bertz CT molecular complexity index is 680. The quantitative estimate of drug-likeness (QED) is 0.732. The highest BCUT2D eigenvalue weighted by molar-refractivity contribution is 7.16. The Labute approximate surface area is 115 Å². The van der Waals surface area contributed by atoms with Crippen molar-refractivity contribution in [3.63, 3.8) is 0 Å². The van der Waals surface area contributed by atoms with Crippen LogP contribution in [0, 0.1) is 0 Å². The highest BCUT2D eigenvalue weighted by Gasteiger charge is 2.17. The fourth-order valence-electron chi connectivity index (χ4n) is 2.06. The van der Waals surface area contributed by atoms with E-state index in [1.807, 2.05) is 36.8 Å². The minimum absolute atomic E-state index is 0.166. The summed E-state index contributed by atoms with van der Waals surface area (Å²) in [6.45, 7) is 2.13. The van der Waals surface area contributed by atoms with Crippen LogP contribution in [0.4, 0.5) is 5.82 Å². The van der Waals surface area contributed by atoms with Crippen LogP contribution < -0.4 is 4.90 Å². The topological polar surface area (TPSA) is 41.9 Å². The van der Waals surface area contributed by atoms with Crippen molar-refractivity contribution < 1.29 is 0 Å². The average Bonchev–Trinajstić information content (AvgIpc) is 2.95. The van der Waals surface area contributed by atoms with Crippen LogP contribution in [-0.2, 0) is 0 Å². The van der Waals surface area contributed by atoms with Crippen molar-refractivity contribution in [3.8, 4) is 0 Å². The predicted octanol–water partition coefficient (Wildman–Crippen LogP) is 3.28. The van der Waals surface area contributed by atoms with Crippen LogP contribution in [0.1, 0.15) is 18.7 Å². The van der Waals surface area contributed by atoms with Gasteiger partial charge in [0.05, 0.1) is 17.1 Å². The summed E-state index contributed by atoms with van der Waals surface area (Å²) in [7, 11) is 2.04. The average molecular weight is 270 g/mol. The molecule has 19 heavy (non-hydrogen) atoms. The van der Waals surface area contributed by atoms with Gasteiger partial charge in [-0.25, -0.2) is 9.97 Å². The zero-order chi connectivity index (χ0) is 13.2.